The number of hydrogen-bond donors (Lipinski definition) is 3. The van der Waals surface area contributed by atoms with E-state index in [2.05, 4.69) is 12.6 Å². The second-order valence-electron chi connectivity index (χ2n) is 3.87. The number of ether oxygens (including phenoxy) is 1. The molecular weight excluding hydrogens is 273 g/mol. The quantitative estimate of drug-likeness (QED) is 0.282. The molecule has 1 saturated heterocycles. The van der Waals surface area contributed by atoms with Crippen LogP contribution in [0.1, 0.15) is 18.4 Å². The van der Waals surface area contributed by atoms with Gasteiger partial charge in [-0.25, -0.2) is 0 Å². The molecule has 0 aromatic heterocycles. The van der Waals surface area contributed by atoms with E-state index in [9.17, 15) is 0 Å². The molecule has 1 aliphatic heterocycles. The molecule has 18 heavy (non-hydrogen) atoms. The maximum atomic E-state index is 6.95. The SMILES string of the molecule is N=C([NH-])c1ccc(S)cc1.NC1CCOCC1.[K+]. The average Bonchev–Trinajstić information content (AvgIpc) is 2.31. The Hall–Kier alpha value is 0.596. The molecule has 94 valence electrons. The number of hydrogen-bond acceptors (Lipinski definition) is 4. The Morgan fingerprint density at radius 2 is 1.78 bits per heavy atom. The summed E-state index contributed by atoms with van der Waals surface area (Å²) in [5.41, 5.74) is 13.1. The molecule has 0 bridgehead atoms. The molecule has 0 amide bonds. The molecule has 4 nitrogen and oxygen atoms in total. The molecule has 1 fully saturated rings. The van der Waals surface area contributed by atoms with Crippen LogP contribution in [-0.2, 0) is 4.74 Å². The van der Waals surface area contributed by atoms with Gasteiger partial charge in [0.2, 0.25) is 0 Å². The van der Waals surface area contributed by atoms with Crippen LogP contribution in [0.5, 0.6) is 0 Å². The maximum absolute atomic E-state index is 6.95. The van der Waals surface area contributed by atoms with Crippen LogP contribution in [-0.4, -0.2) is 25.1 Å². The summed E-state index contributed by atoms with van der Waals surface area (Å²) in [5.74, 6) is -0.159. The first-order chi connectivity index (χ1) is 8.09. The van der Waals surface area contributed by atoms with Crippen molar-refractivity contribution in [2.45, 2.75) is 23.8 Å². The first-order valence-corrected chi connectivity index (χ1v) is 5.97. The van der Waals surface area contributed by atoms with E-state index in [0.717, 1.165) is 31.0 Å². The van der Waals surface area contributed by atoms with Crippen molar-refractivity contribution in [1.82, 2.24) is 0 Å². The first-order valence-electron chi connectivity index (χ1n) is 5.52. The topological polar surface area (TPSA) is 82.9 Å². The molecular formula is C12H18KN3OS. The van der Waals surface area contributed by atoms with Gasteiger partial charge in [0.25, 0.3) is 0 Å². The molecule has 1 heterocycles. The van der Waals surface area contributed by atoms with E-state index < -0.39 is 0 Å². The minimum absolute atomic E-state index is 0. The molecule has 1 aromatic rings. The first kappa shape index (κ1) is 18.6. The number of thiol groups is 1. The number of nitrogens with one attached hydrogen (secondary N) is 2. The Morgan fingerprint density at radius 3 is 2.11 bits per heavy atom. The molecule has 0 aliphatic carbocycles. The Morgan fingerprint density at radius 1 is 1.28 bits per heavy atom. The summed E-state index contributed by atoms with van der Waals surface area (Å²) in [5, 5.41) is 6.95. The Labute approximate surface area is 156 Å². The Balaban J connectivity index is 0.000000321. The van der Waals surface area contributed by atoms with E-state index in [1.54, 1.807) is 24.3 Å². The number of nitrogens with two attached hydrogens (primary N) is 1. The van der Waals surface area contributed by atoms with Crippen LogP contribution >= 0.6 is 12.6 Å². The molecule has 4 N–H and O–H groups in total. The summed E-state index contributed by atoms with van der Waals surface area (Å²) in [7, 11) is 0. The number of rotatable bonds is 1. The van der Waals surface area contributed by atoms with E-state index in [-0.39, 0.29) is 57.2 Å². The number of benzene rings is 1. The molecule has 0 atom stereocenters. The van der Waals surface area contributed by atoms with Crippen LogP contribution in [0, 0.1) is 5.41 Å². The van der Waals surface area contributed by atoms with Crippen LogP contribution < -0.4 is 57.1 Å². The van der Waals surface area contributed by atoms with E-state index in [1.807, 2.05) is 0 Å². The van der Waals surface area contributed by atoms with Gasteiger partial charge in [-0.2, -0.15) is 0 Å². The fourth-order valence-electron chi connectivity index (χ4n) is 1.34. The fraction of sp³-hybridized carbons (Fsp3) is 0.417. The van der Waals surface area contributed by atoms with Gasteiger partial charge in [-0.05, 0) is 30.5 Å². The van der Waals surface area contributed by atoms with Gasteiger partial charge in [0.1, 0.15) is 0 Å². The molecule has 1 aromatic carbocycles. The molecule has 0 saturated carbocycles. The zero-order valence-corrected chi connectivity index (χ0v) is 14.7. The van der Waals surface area contributed by atoms with Crippen LogP contribution in [0.4, 0.5) is 0 Å². The second-order valence-corrected chi connectivity index (χ2v) is 4.39. The third-order valence-electron chi connectivity index (χ3n) is 2.42. The van der Waals surface area contributed by atoms with Crippen molar-refractivity contribution in [1.29, 1.82) is 5.41 Å². The van der Waals surface area contributed by atoms with E-state index >= 15 is 0 Å². The van der Waals surface area contributed by atoms with Gasteiger partial charge in [-0.15, -0.1) is 12.6 Å². The minimum atomic E-state index is -0.159. The van der Waals surface area contributed by atoms with Crippen LogP contribution in [0.3, 0.4) is 0 Å². The van der Waals surface area contributed by atoms with E-state index in [4.69, 9.17) is 21.6 Å². The van der Waals surface area contributed by atoms with E-state index in [1.165, 1.54) is 0 Å². The predicted molar refractivity (Wildman–Crippen MR) is 72.9 cm³/mol. The monoisotopic (exact) mass is 291 g/mol. The largest absolute Gasteiger partial charge is 1.00 e. The molecule has 0 unspecified atom stereocenters. The van der Waals surface area contributed by atoms with Gasteiger partial charge < -0.3 is 21.6 Å². The van der Waals surface area contributed by atoms with Crippen LogP contribution in [0.25, 0.3) is 5.73 Å². The smallest absolute Gasteiger partial charge is 0.482 e. The van der Waals surface area contributed by atoms with Crippen molar-refractivity contribution in [3.8, 4) is 0 Å². The summed E-state index contributed by atoms with van der Waals surface area (Å²) in [6.07, 6.45) is 2.08. The van der Waals surface area contributed by atoms with Gasteiger partial charge in [-0.3, -0.25) is 0 Å². The van der Waals surface area contributed by atoms with Gasteiger partial charge in [0.05, 0.1) is 0 Å². The summed E-state index contributed by atoms with van der Waals surface area (Å²) in [4.78, 5) is 0.852. The summed E-state index contributed by atoms with van der Waals surface area (Å²) in [6, 6.07) is 7.35. The zero-order valence-electron chi connectivity index (χ0n) is 10.6. The van der Waals surface area contributed by atoms with E-state index in [0.29, 0.717) is 11.6 Å². The Bertz CT molecular complexity index is 353. The average molecular weight is 291 g/mol. The normalized spacial score (nSPS) is 15.0. The van der Waals surface area contributed by atoms with Crippen molar-refractivity contribution >= 4 is 18.5 Å². The standard InChI is InChI=1S/C7H7N2S.C5H11NO.K/c8-7(9)5-1-3-6(10)4-2-5;6-5-1-3-7-4-2-5;/h1-4H,(H3-,8,9,10);5H,1-4,6H2;/q-1;;+1. The maximum Gasteiger partial charge on any atom is 1.00 e. The van der Waals surface area contributed by atoms with Crippen molar-refractivity contribution in [2.75, 3.05) is 13.2 Å². The second kappa shape index (κ2) is 10.4. The molecule has 6 heteroatoms. The predicted octanol–water partition coefficient (Wildman–Crippen LogP) is -0.519. The third kappa shape index (κ3) is 7.91. The summed E-state index contributed by atoms with van der Waals surface area (Å²) < 4.78 is 5.06. The summed E-state index contributed by atoms with van der Waals surface area (Å²) in [6.45, 7) is 1.72. The van der Waals surface area contributed by atoms with Gasteiger partial charge in [0.15, 0.2) is 0 Å². The van der Waals surface area contributed by atoms with Gasteiger partial charge >= 0.3 is 51.4 Å². The number of amidine groups is 1. The fourth-order valence-corrected chi connectivity index (χ4v) is 1.49. The molecule has 0 radical (unpaired) electrons. The summed E-state index contributed by atoms with van der Waals surface area (Å²) >= 11 is 4.07. The van der Waals surface area contributed by atoms with Crippen LogP contribution in [0.2, 0.25) is 0 Å². The molecule has 1 aliphatic rings. The third-order valence-corrected chi connectivity index (χ3v) is 2.72. The van der Waals surface area contributed by atoms with Gasteiger partial charge in [-0.1, -0.05) is 18.0 Å². The van der Waals surface area contributed by atoms with Gasteiger partial charge in [0, 0.05) is 24.2 Å². The van der Waals surface area contributed by atoms with Crippen molar-refractivity contribution in [2.24, 2.45) is 5.73 Å². The van der Waals surface area contributed by atoms with Crippen molar-refractivity contribution < 1.29 is 56.1 Å². The van der Waals surface area contributed by atoms with Crippen LogP contribution in [0.15, 0.2) is 29.2 Å². The zero-order chi connectivity index (χ0) is 12.7. The van der Waals surface area contributed by atoms with Crippen molar-refractivity contribution in [3.05, 3.63) is 35.6 Å². The van der Waals surface area contributed by atoms with Crippen molar-refractivity contribution in [3.63, 3.8) is 0 Å². The molecule has 2 rings (SSSR count). The molecule has 0 spiro atoms. The minimum Gasteiger partial charge on any atom is -0.482 e. The Kier molecular flexibility index (Phi) is 10.7.